The average molecular weight is 346 g/mol. The summed E-state index contributed by atoms with van der Waals surface area (Å²) in [6.45, 7) is 1.55. The van der Waals surface area contributed by atoms with Gasteiger partial charge in [-0.05, 0) is 18.3 Å². The van der Waals surface area contributed by atoms with E-state index in [-0.39, 0.29) is 5.78 Å². The molecule has 0 spiro atoms. The third kappa shape index (κ3) is 3.87. The maximum atomic E-state index is 13.8. The summed E-state index contributed by atoms with van der Waals surface area (Å²) in [4.78, 5) is 11.4. The smallest absolute Gasteiger partial charge is 0.164 e. The van der Waals surface area contributed by atoms with E-state index in [0.29, 0.717) is 5.56 Å². The van der Waals surface area contributed by atoms with Crippen molar-refractivity contribution in [2.45, 2.75) is 6.92 Å². The predicted molar refractivity (Wildman–Crippen MR) is 105 cm³/mol. The molecule has 0 amide bonds. The highest BCUT2D eigenvalue weighted by Crippen LogP contribution is 2.45. The molecule has 0 fully saturated rings. The highest BCUT2D eigenvalue weighted by Gasteiger charge is 2.23. The molecule has 0 atom stereocenters. The third-order valence-electron chi connectivity index (χ3n) is 4.07. The summed E-state index contributed by atoms with van der Waals surface area (Å²) in [6, 6.07) is 26.4. The molecular formula is C22H19O2P. The van der Waals surface area contributed by atoms with Crippen molar-refractivity contribution in [3.8, 4) is 0 Å². The first-order valence-electron chi connectivity index (χ1n) is 8.11. The zero-order valence-electron chi connectivity index (χ0n) is 14.0. The second-order valence-electron chi connectivity index (χ2n) is 5.82. The lowest BCUT2D eigenvalue weighted by Crippen LogP contribution is -2.13. The number of hydrogen-bond donors (Lipinski definition) is 0. The van der Waals surface area contributed by atoms with E-state index in [9.17, 15) is 9.36 Å². The van der Waals surface area contributed by atoms with E-state index in [0.717, 1.165) is 16.2 Å². The van der Waals surface area contributed by atoms with E-state index in [1.165, 1.54) is 0 Å². The Balaban J connectivity index is 2.01. The van der Waals surface area contributed by atoms with E-state index in [1.54, 1.807) is 24.9 Å². The van der Waals surface area contributed by atoms with E-state index in [4.69, 9.17) is 0 Å². The van der Waals surface area contributed by atoms with Gasteiger partial charge in [0, 0.05) is 16.2 Å². The second-order valence-corrected chi connectivity index (χ2v) is 8.47. The summed E-state index contributed by atoms with van der Waals surface area (Å²) in [5, 5.41) is 1.61. The van der Waals surface area contributed by atoms with Crippen LogP contribution in [0.1, 0.15) is 22.8 Å². The molecule has 124 valence electrons. The SMILES string of the molecule is CC(=O)c1ccc(/C=C/P(=O)(c2ccccc2)c2ccccc2)cc1. The van der Waals surface area contributed by atoms with Gasteiger partial charge in [-0.15, -0.1) is 0 Å². The standard InChI is InChI=1S/C22H19O2P/c1-18(23)20-14-12-19(13-15-20)16-17-25(24,21-8-4-2-5-9-21)22-10-6-3-7-11-22/h2-17H,1H3/b17-16+. The number of carbonyl (C=O) groups excluding carboxylic acids is 1. The van der Waals surface area contributed by atoms with Crippen LogP contribution in [0.5, 0.6) is 0 Å². The topological polar surface area (TPSA) is 34.1 Å². The molecule has 3 aromatic carbocycles. The molecule has 0 aliphatic rings. The molecule has 0 radical (unpaired) electrons. The Bertz CT molecular complexity index is 883. The molecule has 0 bridgehead atoms. The molecule has 0 aliphatic heterocycles. The summed E-state index contributed by atoms with van der Waals surface area (Å²) < 4.78 is 13.8. The Morgan fingerprint density at radius 3 is 1.68 bits per heavy atom. The third-order valence-corrected chi connectivity index (χ3v) is 6.77. The molecular weight excluding hydrogens is 327 g/mol. The van der Waals surface area contributed by atoms with Gasteiger partial charge in [-0.1, -0.05) is 91.0 Å². The molecule has 3 heteroatoms. The molecule has 3 rings (SSSR count). The van der Waals surface area contributed by atoms with E-state index in [1.807, 2.05) is 78.9 Å². The van der Waals surface area contributed by atoms with Gasteiger partial charge in [-0.2, -0.15) is 0 Å². The Labute approximate surface area is 148 Å². The van der Waals surface area contributed by atoms with Crippen molar-refractivity contribution in [3.63, 3.8) is 0 Å². The van der Waals surface area contributed by atoms with Crippen LogP contribution in [0.25, 0.3) is 6.08 Å². The Morgan fingerprint density at radius 1 is 0.760 bits per heavy atom. The molecule has 0 saturated carbocycles. The van der Waals surface area contributed by atoms with Gasteiger partial charge in [-0.25, -0.2) is 0 Å². The Morgan fingerprint density at radius 2 is 1.24 bits per heavy atom. The minimum absolute atomic E-state index is 0.0368. The minimum Gasteiger partial charge on any atom is -0.309 e. The number of carbonyl (C=O) groups is 1. The Hall–Kier alpha value is -2.70. The second kappa shape index (κ2) is 7.46. The summed E-state index contributed by atoms with van der Waals surface area (Å²) >= 11 is 0. The van der Waals surface area contributed by atoms with E-state index >= 15 is 0 Å². The number of ketones is 1. The molecule has 0 saturated heterocycles. The van der Waals surface area contributed by atoms with Crippen LogP contribution >= 0.6 is 7.14 Å². The van der Waals surface area contributed by atoms with Gasteiger partial charge in [0.15, 0.2) is 12.9 Å². The van der Waals surface area contributed by atoms with Crippen molar-refractivity contribution >= 4 is 29.6 Å². The number of Topliss-reactive ketones (excluding diaryl/α,β-unsaturated/α-hetero) is 1. The minimum atomic E-state index is -2.87. The highest BCUT2D eigenvalue weighted by atomic mass is 31.2. The van der Waals surface area contributed by atoms with Crippen molar-refractivity contribution in [2.24, 2.45) is 0 Å². The van der Waals surface area contributed by atoms with Crippen LogP contribution < -0.4 is 10.6 Å². The van der Waals surface area contributed by atoms with Gasteiger partial charge in [0.2, 0.25) is 0 Å². The first-order valence-corrected chi connectivity index (χ1v) is 9.88. The van der Waals surface area contributed by atoms with Gasteiger partial charge >= 0.3 is 0 Å². The molecule has 0 unspecified atom stereocenters. The van der Waals surface area contributed by atoms with E-state index in [2.05, 4.69) is 0 Å². The van der Waals surface area contributed by atoms with Gasteiger partial charge in [0.25, 0.3) is 0 Å². The zero-order valence-corrected chi connectivity index (χ0v) is 14.9. The van der Waals surface area contributed by atoms with Gasteiger partial charge in [0.1, 0.15) is 0 Å². The molecule has 0 heterocycles. The molecule has 0 N–H and O–H groups in total. The summed E-state index contributed by atoms with van der Waals surface area (Å²) in [5.74, 6) is 1.83. The zero-order chi connectivity index (χ0) is 17.7. The lowest BCUT2D eigenvalue weighted by atomic mass is 10.1. The van der Waals surface area contributed by atoms with Crippen molar-refractivity contribution in [1.29, 1.82) is 0 Å². The lowest BCUT2D eigenvalue weighted by Gasteiger charge is -2.15. The fraction of sp³-hybridized carbons (Fsp3) is 0.0455. The number of hydrogen-bond acceptors (Lipinski definition) is 2. The van der Waals surface area contributed by atoms with Gasteiger partial charge in [-0.3, -0.25) is 4.79 Å². The number of benzene rings is 3. The first-order chi connectivity index (χ1) is 12.1. The van der Waals surface area contributed by atoms with Crippen LogP contribution in [0, 0.1) is 0 Å². The fourth-order valence-electron chi connectivity index (χ4n) is 2.64. The van der Waals surface area contributed by atoms with Crippen molar-refractivity contribution in [1.82, 2.24) is 0 Å². The average Bonchev–Trinajstić information content (AvgIpc) is 2.68. The van der Waals surface area contributed by atoms with Crippen LogP contribution in [0.15, 0.2) is 90.7 Å². The lowest BCUT2D eigenvalue weighted by molar-refractivity contribution is 0.101. The van der Waals surface area contributed by atoms with E-state index < -0.39 is 7.14 Å². The van der Waals surface area contributed by atoms with Crippen molar-refractivity contribution < 1.29 is 9.36 Å². The maximum Gasteiger partial charge on any atom is 0.164 e. The molecule has 3 aromatic rings. The van der Waals surface area contributed by atoms with Crippen LogP contribution in [0.4, 0.5) is 0 Å². The van der Waals surface area contributed by atoms with Crippen molar-refractivity contribution in [3.05, 3.63) is 102 Å². The van der Waals surface area contributed by atoms with Crippen molar-refractivity contribution in [2.75, 3.05) is 0 Å². The predicted octanol–water partition coefficient (Wildman–Crippen LogP) is 4.87. The van der Waals surface area contributed by atoms with Gasteiger partial charge in [0.05, 0.1) is 0 Å². The maximum absolute atomic E-state index is 13.8. The van der Waals surface area contributed by atoms with Crippen LogP contribution in [-0.2, 0) is 4.57 Å². The molecule has 0 aromatic heterocycles. The molecule has 2 nitrogen and oxygen atoms in total. The molecule has 25 heavy (non-hydrogen) atoms. The monoisotopic (exact) mass is 346 g/mol. The Kier molecular flexibility index (Phi) is 5.11. The summed E-state index contributed by atoms with van der Waals surface area (Å²) in [5.41, 5.74) is 1.59. The fourth-order valence-corrected chi connectivity index (χ4v) is 4.89. The van der Waals surface area contributed by atoms with Crippen LogP contribution in [0.2, 0.25) is 0 Å². The molecule has 0 aliphatic carbocycles. The number of rotatable bonds is 5. The quantitative estimate of drug-likeness (QED) is 0.488. The normalized spacial score (nSPS) is 11.6. The highest BCUT2D eigenvalue weighted by molar-refractivity contribution is 7.81. The largest absolute Gasteiger partial charge is 0.309 e. The first kappa shape index (κ1) is 17.1. The van der Waals surface area contributed by atoms with Crippen LogP contribution in [-0.4, -0.2) is 5.78 Å². The van der Waals surface area contributed by atoms with Crippen LogP contribution in [0.3, 0.4) is 0 Å². The van der Waals surface area contributed by atoms with Gasteiger partial charge < -0.3 is 4.57 Å². The summed E-state index contributed by atoms with van der Waals surface area (Å²) in [6.07, 6.45) is 1.87. The summed E-state index contributed by atoms with van der Waals surface area (Å²) in [7, 11) is -2.87.